The second kappa shape index (κ2) is 4.47. The lowest BCUT2D eigenvalue weighted by Crippen LogP contribution is -2.46. The van der Waals surface area contributed by atoms with Crippen molar-refractivity contribution >= 4 is 5.78 Å². The standard InChI is InChI=1S/C17H21NO3/c1-11-7-12(8-14-16(11)21-10-20-14)17-4-3-13(19)9-15(17)18(2)6-5-17/h7-8,15H,3-6,9-10H2,1-2H3/t15-,17-/m0/s1. The summed E-state index contributed by atoms with van der Waals surface area (Å²) < 4.78 is 11.1. The van der Waals surface area contributed by atoms with Crippen molar-refractivity contribution in [3.05, 3.63) is 23.3 Å². The quantitative estimate of drug-likeness (QED) is 0.795. The third-order valence-corrected chi connectivity index (χ3v) is 5.58. The molecule has 1 aromatic carbocycles. The van der Waals surface area contributed by atoms with E-state index in [2.05, 4.69) is 31.0 Å². The van der Waals surface area contributed by atoms with E-state index in [0.29, 0.717) is 31.5 Å². The number of likely N-dealkylation sites (N-methyl/N-ethyl adjacent to an activating group) is 1. The molecule has 21 heavy (non-hydrogen) atoms. The summed E-state index contributed by atoms with van der Waals surface area (Å²) in [6, 6.07) is 4.73. The van der Waals surface area contributed by atoms with Crippen LogP contribution in [0.15, 0.2) is 12.1 Å². The normalized spacial score (nSPS) is 31.5. The van der Waals surface area contributed by atoms with Gasteiger partial charge in [0.05, 0.1) is 0 Å². The number of carbonyl (C=O) groups excluding carboxylic acids is 1. The van der Waals surface area contributed by atoms with Crippen LogP contribution < -0.4 is 9.47 Å². The molecule has 1 saturated heterocycles. The Bertz CT molecular complexity index is 612. The van der Waals surface area contributed by atoms with Crippen LogP contribution in [0.3, 0.4) is 0 Å². The highest BCUT2D eigenvalue weighted by molar-refractivity contribution is 5.81. The number of likely N-dealkylation sites (tertiary alicyclic amines) is 1. The van der Waals surface area contributed by atoms with E-state index < -0.39 is 0 Å². The van der Waals surface area contributed by atoms with Gasteiger partial charge in [-0.05, 0) is 50.6 Å². The van der Waals surface area contributed by atoms with Crippen LogP contribution in [0.1, 0.15) is 36.8 Å². The molecule has 0 N–H and O–H groups in total. The van der Waals surface area contributed by atoms with Crippen molar-refractivity contribution < 1.29 is 14.3 Å². The number of hydrogen-bond acceptors (Lipinski definition) is 4. The molecule has 2 heterocycles. The van der Waals surface area contributed by atoms with Gasteiger partial charge in [-0.25, -0.2) is 0 Å². The van der Waals surface area contributed by atoms with Crippen LogP contribution in [-0.4, -0.2) is 37.1 Å². The van der Waals surface area contributed by atoms with Crippen LogP contribution >= 0.6 is 0 Å². The molecule has 0 radical (unpaired) electrons. The van der Waals surface area contributed by atoms with Crippen LogP contribution in [0.2, 0.25) is 0 Å². The maximum Gasteiger partial charge on any atom is 0.231 e. The topological polar surface area (TPSA) is 38.8 Å². The van der Waals surface area contributed by atoms with E-state index in [0.717, 1.165) is 36.4 Å². The highest BCUT2D eigenvalue weighted by Crippen LogP contribution is 2.50. The van der Waals surface area contributed by atoms with Gasteiger partial charge < -0.3 is 14.4 Å². The molecule has 0 bridgehead atoms. The number of hydrogen-bond donors (Lipinski definition) is 0. The predicted molar refractivity (Wildman–Crippen MR) is 78.9 cm³/mol. The fraction of sp³-hybridized carbons (Fsp3) is 0.588. The number of nitrogens with zero attached hydrogens (tertiary/aromatic N) is 1. The Balaban J connectivity index is 1.81. The Morgan fingerprint density at radius 2 is 2.14 bits per heavy atom. The Kier molecular flexibility index (Phi) is 2.80. The van der Waals surface area contributed by atoms with Gasteiger partial charge in [0, 0.05) is 24.3 Å². The molecule has 0 aromatic heterocycles. The summed E-state index contributed by atoms with van der Waals surface area (Å²) >= 11 is 0. The Morgan fingerprint density at radius 1 is 1.29 bits per heavy atom. The number of ketones is 1. The fourth-order valence-electron chi connectivity index (χ4n) is 4.40. The Hall–Kier alpha value is -1.55. The average Bonchev–Trinajstić information content (AvgIpc) is 3.06. The summed E-state index contributed by atoms with van der Waals surface area (Å²) in [4.78, 5) is 14.3. The van der Waals surface area contributed by atoms with Crippen LogP contribution in [0, 0.1) is 6.92 Å². The van der Waals surface area contributed by atoms with Gasteiger partial charge in [0.2, 0.25) is 6.79 Å². The lowest BCUT2D eigenvalue weighted by atomic mass is 9.65. The maximum atomic E-state index is 11.9. The van der Waals surface area contributed by atoms with Crippen molar-refractivity contribution in [2.75, 3.05) is 20.4 Å². The number of rotatable bonds is 1. The molecule has 1 aliphatic carbocycles. The molecule has 4 nitrogen and oxygen atoms in total. The average molecular weight is 287 g/mol. The van der Waals surface area contributed by atoms with Crippen LogP contribution in [0.5, 0.6) is 11.5 Å². The second-order valence-corrected chi connectivity index (χ2v) is 6.67. The van der Waals surface area contributed by atoms with Gasteiger partial charge >= 0.3 is 0 Å². The zero-order valence-corrected chi connectivity index (χ0v) is 12.6. The smallest absolute Gasteiger partial charge is 0.231 e. The largest absolute Gasteiger partial charge is 0.454 e. The van der Waals surface area contributed by atoms with E-state index in [1.54, 1.807) is 0 Å². The third-order valence-electron chi connectivity index (χ3n) is 5.58. The first-order chi connectivity index (χ1) is 10.1. The van der Waals surface area contributed by atoms with Crippen molar-refractivity contribution in [3.8, 4) is 11.5 Å². The molecule has 4 rings (SSSR count). The lowest BCUT2D eigenvalue weighted by Gasteiger charge is -2.41. The first-order valence-electron chi connectivity index (χ1n) is 7.73. The molecule has 112 valence electrons. The SMILES string of the molecule is Cc1cc([C@@]23CCC(=O)C[C@@H]2N(C)CC3)cc2c1OCO2. The van der Waals surface area contributed by atoms with Crippen LogP contribution in [0.4, 0.5) is 0 Å². The maximum absolute atomic E-state index is 11.9. The minimum Gasteiger partial charge on any atom is -0.454 e. The van der Waals surface area contributed by atoms with E-state index in [1.807, 2.05) is 0 Å². The summed E-state index contributed by atoms with van der Waals surface area (Å²) in [6.45, 7) is 3.45. The van der Waals surface area contributed by atoms with E-state index in [4.69, 9.17) is 9.47 Å². The van der Waals surface area contributed by atoms with Crippen molar-refractivity contribution in [2.24, 2.45) is 0 Å². The molecule has 0 unspecified atom stereocenters. The number of carbonyl (C=O) groups is 1. The summed E-state index contributed by atoms with van der Waals surface area (Å²) in [5.74, 6) is 2.15. The summed E-state index contributed by atoms with van der Waals surface area (Å²) in [6.07, 6.45) is 3.47. The second-order valence-electron chi connectivity index (χ2n) is 6.67. The van der Waals surface area contributed by atoms with Gasteiger partial charge in [0.1, 0.15) is 5.78 Å². The fourth-order valence-corrected chi connectivity index (χ4v) is 4.40. The van der Waals surface area contributed by atoms with Crippen molar-refractivity contribution in [3.63, 3.8) is 0 Å². The van der Waals surface area contributed by atoms with Crippen molar-refractivity contribution in [1.29, 1.82) is 0 Å². The molecule has 2 aliphatic heterocycles. The van der Waals surface area contributed by atoms with E-state index in [-0.39, 0.29) is 5.41 Å². The minimum atomic E-state index is 0.106. The van der Waals surface area contributed by atoms with Crippen LogP contribution in [-0.2, 0) is 10.2 Å². The van der Waals surface area contributed by atoms with Gasteiger partial charge in [0.25, 0.3) is 0 Å². The number of benzene rings is 1. The van der Waals surface area contributed by atoms with Crippen LogP contribution in [0.25, 0.3) is 0 Å². The van der Waals surface area contributed by atoms with Crippen molar-refractivity contribution in [2.45, 2.75) is 44.1 Å². The predicted octanol–water partition coefficient (Wildman–Crippen LogP) is 2.42. The number of fused-ring (bicyclic) bond motifs is 2. The highest BCUT2D eigenvalue weighted by atomic mass is 16.7. The molecule has 0 spiro atoms. The molecule has 0 amide bonds. The van der Waals surface area contributed by atoms with E-state index in [1.165, 1.54) is 5.56 Å². The molecular weight excluding hydrogens is 266 g/mol. The molecule has 2 atom stereocenters. The van der Waals surface area contributed by atoms with Gasteiger partial charge in [0.15, 0.2) is 11.5 Å². The number of aryl methyl sites for hydroxylation is 1. The molecular formula is C17H21NO3. The summed E-state index contributed by atoms with van der Waals surface area (Å²) in [7, 11) is 2.14. The van der Waals surface area contributed by atoms with Gasteiger partial charge in [-0.1, -0.05) is 6.07 Å². The zero-order valence-electron chi connectivity index (χ0n) is 12.6. The van der Waals surface area contributed by atoms with Gasteiger partial charge in [-0.15, -0.1) is 0 Å². The lowest BCUT2D eigenvalue weighted by molar-refractivity contribution is -0.122. The Labute approximate surface area is 125 Å². The third kappa shape index (κ3) is 1.81. The van der Waals surface area contributed by atoms with E-state index in [9.17, 15) is 4.79 Å². The minimum absolute atomic E-state index is 0.106. The molecule has 1 aromatic rings. The molecule has 3 aliphatic rings. The highest BCUT2D eigenvalue weighted by Gasteiger charge is 2.50. The molecule has 2 fully saturated rings. The number of Topliss-reactive ketones (excluding diaryl/α,β-unsaturated/α-hetero) is 1. The van der Waals surface area contributed by atoms with Gasteiger partial charge in [-0.2, -0.15) is 0 Å². The van der Waals surface area contributed by atoms with Crippen molar-refractivity contribution in [1.82, 2.24) is 4.90 Å². The first kappa shape index (κ1) is 13.1. The monoisotopic (exact) mass is 287 g/mol. The molecule has 1 saturated carbocycles. The summed E-state index contributed by atoms with van der Waals surface area (Å²) in [5, 5.41) is 0. The van der Waals surface area contributed by atoms with Gasteiger partial charge in [-0.3, -0.25) is 4.79 Å². The zero-order chi connectivity index (χ0) is 14.6. The summed E-state index contributed by atoms with van der Waals surface area (Å²) in [5.41, 5.74) is 2.57. The van der Waals surface area contributed by atoms with E-state index >= 15 is 0 Å². The molecule has 4 heteroatoms. The first-order valence-corrected chi connectivity index (χ1v) is 7.73. The number of ether oxygens (including phenoxy) is 2. The Morgan fingerprint density at radius 3 is 3.00 bits per heavy atom.